The molecule has 2 aromatic rings. The minimum atomic E-state index is -1.53. The van der Waals surface area contributed by atoms with Gasteiger partial charge in [-0.15, -0.1) is 0 Å². The second-order valence-corrected chi connectivity index (χ2v) is 3.84. The predicted molar refractivity (Wildman–Crippen MR) is 67.0 cm³/mol. The van der Waals surface area contributed by atoms with Crippen molar-refractivity contribution in [2.24, 2.45) is 0 Å². The predicted octanol–water partition coefficient (Wildman–Crippen LogP) is 3.44. The largest absolute Gasteiger partial charge is 0.497 e. The molecule has 0 unspecified atom stereocenters. The Morgan fingerprint density at radius 3 is 2.47 bits per heavy atom. The van der Waals surface area contributed by atoms with Crippen molar-refractivity contribution in [3.05, 3.63) is 47.8 Å². The van der Waals surface area contributed by atoms with E-state index < -0.39 is 17.5 Å². The second-order valence-electron chi connectivity index (χ2n) is 3.84. The fourth-order valence-electron chi connectivity index (χ4n) is 1.59. The van der Waals surface area contributed by atoms with Crippen LogP contribution in [0.15, 0.2) is 30.3 Å². The van der Waals surface area contributed by atoms with Crippen molar-refractivity contribution < 1.29 is 17.9 Å². The molecular weight excluding hydrogens is 257 g/mol. The molecule has 0 amide bonds. The van der Waals surface area contributed by atoms with Gasteiger partial charge in [-0.3, -0.25) is 0 Å². The third-order valence-electron chi connectivity index (χ3n) is 2.48. The third-order valence-corrected chi connectivity index (χ3v) is 2.48. The number of nitrogens with two attached hydrogens (primary N) is 1. The van der Waals surface area contributed by atoms with Crippen molar-refractivity contribution in [3.8, 4) is 5.75 Å². The Morgan fingerprint density at radius 2 is 1.79 bits per heavy atom. The van der Waals surface area contributed by atoms with E-state index in [9.17, 15) is 13.2 Å². The van der Waals surface area contributed by atoms with E-state index in [0.29, 0.717) is 17.1 Å². The van der Waals surface area contributed by atoms with Gasteiger partial charge in [0.05, 0.1) is 12.8 Å². The summed E-state index contributed by atoms with van der Waals surface area (Å²) in [5.74, 6) is -3.60. The van der Waals surface area contributed by atoms with E-state index in [-0.39, 0.29) is 5.69 Å². The molecule has 0 atom stereocenters. The molecule has 19 heavy (non-hydrogen) atoms. The summed E-state index contributed by atoms with van der Waals surface area (Å²) < 4.78 is 44.4. The highest BCUT2D eigenvalue weighted by Gasteiger charge is 2.13. The summed E-state index contributed by atoms with van der Waals surface area (Å²) in [6.07, 6.45) is 0. The van der Waals surface area contributed by atoms with Gasteiger partial charge in [-0.25, -0.2) is 13.2 Å². The first-order valence-corrected chi connectivity index (χ1v) is 5.36. The lowest BCUT2D eigenvalue weighted by molar-refractivity contribution is 0.415. The van der Waals surface area contributed by atoms with Crippen LogP contribution in [0.3, 0.4) is 0 Å². The Kier molecular flexibility index (Phi) is 3.50. The minimum Gasteiger partial charge on any atom is -0.497 e. The second kappa shape index (κ2) is 5.09. The van der Waals surface area contributed by atoms with Crippen LogP contribution in [0.1, 0.15) is 0 Å². The molecule has 2 aromatic carbocycles. The summed E-state index contributed by atoms with van der Waals surface area (Å²) in [5, 5.41) is 2.61. The van der Waals surface area contributed by atoms with Crippen molar-refractivity contribution in [2.45, 2.75) is 0 Å². The van der Waals surface area contributed by atoms with E-state index in [1.165, 1.54) is 13.2 Å². The van der Waals surface area contributed by atoms with E-state index in [4.69, 9.17) is 10.5 Å². The van der Waals surface area contributed by atoms with Gasteiger partial charge in [-0.1, -0.05) is 0 Å². The van der Waals surface area contributed by atoms with Crippen LogP contribution in [-0.4, -0.2) is 7.11 Å². The summed E-state index contributed by atoms with van der Waals surface area (Å²) in [4.78, 5) is 0. The van der Waals surface area contributed by atoms with Crippen LogP contribution in [0, 0.1) is 17.5 Å². The van der Waals surface area contributed by atoms with E-state index in [1.807, 2.05) is 0 Å². The van der Waals surface area contributed by atoms with Crippen molar-refractivity contribution in [2.75, 3.05) is 18.2 Å². The smallest absolute Gasteiger partial charge is 0.196 e. The highest BCUT2D eigenvalue weighted by atomic mass is 19.2. The van der Waals surface area contributed by atoms with Crippen LogP contribution in [0.25, 0.3) is 0 Å². The molecule has 3 nitrogen and oxygen atoms in total. The van der Waals surface area contributed by atoms with Crippen LogP contribution >= 0.6 is 0 Å². The molecule has 0 heterocycles. The van der Waals surface area contributed by atoms with E-state index in [1.54, 1.807) is 12.1 Å². The number of hydrogen-bond acceptors (Lipinski definition) is 3. The van der Waals surface area contributed by atoms with E-state index in [0.717, 1.165) is 12.1 Å². The molecule has 6 heteroatoms. The summed E-state index contributed by atoms with van der Waals surface area (Å²) in [7, 11) is 1.46. The molecule has 3 N–H and O–H groups in total. The minimum absolute atomic E-state index is 0.188. The molecule has 0 saturated carbocycles. The van der Waals surface area contributed by atoms with Crippen LogP contribution in [-0.2, 0) is 0 Å². The highest BCUT2D eigenvalue weighted by Crippen LogP contribution is 2.27. The van der Waals surface area contributed by atoms with Gasteiger partial charge < -0.3 is 15.8 Å². The van der Waals surface area contributed by atoms with Gasteiger partial charge >= 0.3 is 0 Å². The molecule has 0 aliphatic rings. The summed E-state index contributed by atoms with van der Waals surface area (Å²) in [6.45, 7) is 0. The molecule has 0 aromatic heterocycles. The fraction of sp³-hybridized carbons (Fsp3) is 0.0769. The first-order chi connectivity index (χ1) is 9.01. The summed E-state index contributed by atoms with van der Waals surface area (Å²) >= 11 is 0. The zero-order valence-electron chi connectivity index (χ0n) is 10.0. The van der Waals surface area contributed by atoms with Crippen molar-refractivity contribution in [1.82, 2.24) is 0 Å². The van der Waals surface area contributed by atoms with Gasteiger partial charge in [-0.2, -0.15) is 0 Å². The Bertz CT molecular complexity index is 617. The summed E-state index contributed by atoms with van der Waals surface area (Å²) in [6, 6.07) is 6.58. The highest BCUT2D eigenvalue weighted by molar-refractivity contribution is 5.66. The zero-order valence-corrected chi connectivity index (χ0v) is 10.0. The van der Waals surface area contributed by atoms with Crippen molar-refractivity contribution >= 4 is 17.1 Å². The molecule has 0 saturated heterocycles. The Hall–Kier alpha value is -2.37. The first-order valence-electron chi connectivity index (χ1n) is 5.36. The quantitative estimate of drug-likeness (QED) is 0.662. The normalized spacial score (nSPS) is 10.3. The maximum Gasteiger partial charge on any atom is 0.196 e. The zero-order chi connectivity index (χ0) is 14.0. The Labute approximate surface area is 107 Å². The monoisotopic (exact) mass is 268 g/mol. The van der Waals surface area contributed by atoms with Crippen LogP contribution in [0.5, 0.6) is 5.75 Å². The number of methoxy groups -OCH3 is 1. The van der Waals surface area contributed by atoms with Crippen molar-refractivity contribution in [3.63, 3.8) is 0 Å². The first kappa shape index (κ1) is 13.1. The van der Waals surface area contributed by atoms with Crippen LogP contribution in [0.4, 0.5) is 30.2 Å². The topological polar surface area (TPSA) is 47.3 Å². The van der Waals surface area contributed by atoms with Gasteiger partial charge in [0.1, 0.15) is 5.75 Å². The molecule has 0 spiro atoms. The average molecular weight is 268 g/mol. The lowest BCUT2D eigenvalue weighted by atomic mass is 10.2. The van der Waals surface area contributed by atoms with Gasteiger partial charge in [-0.05, 0) is 18.2 Å². The van der Waals surface area contributed by atoms with Gasteiger partial charge in [0.25, 0.3) is 0 Å². The number of nitrogens with one attached hydrogen (secondary N) is 1. The summed E-state index contributed by atoms with van der Waals surface area (Å²) in [5.41, 5.74) is 6.24. The lowest BCUT2D eigenvalue weighted by Crippen LogP contribution is -2.00. The maximum absolute atomic E-state index is 13.5. The standard InChI is InChI=1S/C13H11F3N2O/c1-19-9-5-7(17)4-8(6-9)18-11-3-2-10(14)12(15)13(11)16/h2-6,18H,17H2,1H3. The van der Waals surface area contributed by atoms with Gasteiger partial charge in [0, 0.05) is 23.5 Å². The number of ether oxygens (including phenoxy) is 1. The van der Waals surface area contributed by atoms with Gasteiger partial charge in [0.2, 0.25) is 0 Å². The third kappa shape index (κ3) is 2.73. The molecule has 0 fully saturated rings. The van der Waals surface area contributed by atoms with Crippen molar-refractivity contribution in [1.29, 1.82) is 0 Å². The lowest BCUT2D eigenvalue weighted by Gasteiger charge is -2.10. The SMILES string of the molecule is COc1cc(N)cc(Nc2ccc(F)c(F)c2F)c1. The fourth-order valence-corrected chi connectivity index (χ4v) is 1.59. The maximum atomic E-state index is 13.5. The number of rotatable bonds is 3. The number of hydrogen-bond donors (Lipinski definition) is 2. The van der Waals surface area contributed by atoms with E-state index >= 15 is 0 Å². The number of nitrogen functional groups attached to an aromatic ring is 1. The van der Waals surface area contributed by atoms with Crippen LogP contribution in [0.2, 0.25) is 0 Å². The Balaban J connectivity index is 2.36. The molecule has 0 aliphatic heterocycles. The Morgan fingerprint density at radius 1 is 1.05 bits per heavy atom. The molecule has 2 rings (SSSR count). The molecule has 0 radical (unpaired) electrons. The number of anilines is 3. The molecule has 100 valence electrons. The number of benzene rings is 2. The number of halogens is 3. The van der Waals surface area contributed by atoms with Gasteiger partial charge in [0.15, 0.2) is 17.5 Å². The molecule has 0 aliphatic carbocycles. The average Bonchev–Trinajstić information content (AvgIpc) is 2.39. The van der Waals surface area contributed by atoms with Crippen LogP contribution < -0.4 is 15.8 Å². The van der Waals surface area contributed by atoms with E-state index in [2.05, 4.69) is 5.32 Å². The molecular formula is C13H11F3N2O. The molecule has 0 bridgehead atoms.